The molecule has 0 N–H and O–H groups in total. The minimum absolute atomic E-state index is 0.326. The molecule has 1 aromatic heterocycles. The van der Waals surface area contributed by atoms with E-state index in [4.69, 9.17) is 0 Å². The van der Waals surface area contributed by atoms with Gasteiger partial charge in [0.05, 0.1) is 47.3 Å². The standard InChI is InChI=1S/C9H7IN2O2/c1-14-9(13)6-2-3-8-7(4-6)5-11-12(8)10/h2-5H,1H3. The zero-order valence-electron chi connectivity index (χ0n) is 7.40. The Hall–Kier alpha value is -1.11. The average Bonchev–Trinajstić information content (AvgIpc) is 2.59. The third-order valence-corrected chi connectivity index (χ3v) is 2.71. The maximum Gasteiger partial charge on any atom is 0.337 e. The van der Waals surface area contributed by atoms with Crippen molar-refractivity contribution in [3.05, 3.63) is 30.0 Å². The molecule has 0 aliphatic heterocycles. The summed E-state index contributed by atoms with van der Waals surface area (Å²) in [6.07, 6.45) is 1.72. The molecule has 0 amide bonds. The van der Waals surface area contributed by atoms with Gasteiger partial charge in [-0.05, 0) is 18.2 Å². The van der Waals surface area contributed by atoms with Gasteiger partial charge in [-0.25, -0.2) is 7.69 Å². The molecule has 0 fully saturated rings. The number of carbonyl (C=O) groups excluding carboxylic acids is 1. The molecule has 2 aromatic rings. The van der Waals surface area contributed by atoms with Crippen molar-refractivity contribution in [3.8, 4) is 0 Å². The van der Waals surface area contributed by atoms with Crippen molar-refractivity contribution in [3.63, 3.8) is 0 Å². The molecule has 14 heavy (non-hydrogen) atoms. The van der Waals surface area contributed by atoms with Crippen LogP contribution in [0, 0.1) is 0 Å². The maximum absolute atomic E-state index is 11.2. The number of rotatable bonds is 1. The molecule has 0 unspecified atom stereocenters. The van der Waals surface area contributed by atoms with Crippen LogP contribution >= 0.6 is 22.9 Å². The highest BCUT2D eigenvalue weighted by Crippen LogP contribution is 2.17. The molecule has 72 valence electrons. The summed E-state index contributed by atoms with van der Waals surface area (Å²) in [6, 6.07) is 5.34. The number of hydrogen-bond donors (Lipinski definition) is 0. The first-order valence-corrected chi connectivity index (χ1v) is 4.91. The minimum atomic E-state index is -0.326. The van der Waals surface area contributed by atoms with Gasteiger partial charge in [-0.15, -0.1) is 0 Å². The van der Waals surface area contributed by atoms with Gasteiger partial charge >= 0.3 is 5.97 Å². The fourth-order valence-corrected chi connectivity index (χ4v) is 1.81. The highest BCUT2D eigenvalue weighted by Gasteiger charge is 2.07. The average molecular weight is 302 g/mol. The second-order valence-corrected chi connectivity index (χ2v) is 3.68. The van der Waals surface area contributed by atoms with E-state index in [9.17, 15) is 4.79 Å². The Balaban J connectivity index is 2.57. The summed E-state index contributed by atoms with van der Waals surface area (Å²) in [4.78, 5) is 11.2. The number of carbonyl (C=O) groups is 1. The highest BCUT2D eigenvalue weighted by atomic mass is 127. The lowest BCUT2D eigenvalue weighted by Gasteiger charge is -1.98. The number of esters is 1. The molecule has 0 radical (unpaired) electrons. The van der Waals surface area contributed by atoms with Crippen molar-refractivity contribution in [2.45, 2.75) is 0 Å². The molecule has 4 nitrogen and oxygen atoms in total. The van der Waals surface area contributed by atoms with Crippen LogP contribution in [0.25, 0.3) is 10.9 Å². The molecule has 0 aliphatic rings. The van der Waals surface area contributed by atoms with Crippen LogP contribution in [0.15, 0.2) is 24.4 Å². The predicted octanol–water partition coefficient (Wildman–Crippen LogP) is 2.02. The Morgan fingerprint density at radius 2 is 2.36 bits per heavy atom. The van der Waals surface area contributed by atoms with E-state index in [1.165, 1.54) is 7.11 Å². The van der Waals surface area contributed by atoms with Crippen molar-refractivity contribution in [1.82, 2.24) is 7.99 Å². The molecule has 5 heteroatoms. The zero-order chi connectivity index (χ0) is 10.1. The Kier molecular flexibility index (Phi) is 2.40. The smallest absolute Gasteiger partial charge is 0.337 e. The Morgan fingerprint density at radius 3 is 3.07 bits per heavy atom. The van der Waals surface area contributed by atoms with Crippen LogP contribution in [0.1, 0.15) is 10.4 Å². The third kappa shape index (κ3) is 1.47. The van der Waals surface area contributed by atoms with Crippen LogP contribution in [0.5, 0.6) is 0 Å². The van der Waals surface area contributed by atoms with Crippen molar-refractivity contribution in [2.75, 3.05) is 7.11 Å². The highest BCUT2D eigenvalue weighted by molar-refractivity contribution is 14.1. The number of fused-ring (bicyclic) bond motifs is 1. The first-order chi connectivity index (χ1) is 6.72. The van der Waals surface area contributed by atoms with Crippen LogP contribution in [-0.4, -0.2) is 21.1 Å². The number of hydrogen-bond acceptors (Lipinski definition) is 3. The summed E-state index contributed by atoms with van der Waals surface area (Å²) in [5.74, 6) is -0.326. The summed E-state index contributed by atoms with van der Waals surface area (Å²) in [6.45, 7) is 0. The summed E-state index contributed by atoms with van der Waals surface area (Å²) in [7, 11) is 1.37. The fraction of sp³-hybridized carbons (Fsp3) is 0.111. The first-order valence-electron chi connectivity index (χ1n) is 3.94. The SMILES string of the molecule is COC(=O)c1ccc2c(cnn2I)c1. The lowest BCUT2D eigenvalue weighted by molar-refractivity contribution is 0.0601. The molecule has 1 aromatic carbocycles. The van der Waals surface area contributed by atoms with Gasteiger partial charge in [-0.3, -0.25) is 0 Å². The number of benzene rings is 1. The van der Waals surface area contributed by atoms with Gasteiger partial charge in [0.1, 0.15) is 0 Å². The van der Waals surface area contributed by atoms with Gasteiger partial charge in [-0.1, -0.05) is 0 Å². The van der Waals surface area contributed by atoms with Crippen LogP contribution in [0.4, 0.5) is 0 Å². The van der Waals surface area contributed by atoms with E-state index in [1.54, 1.807) is 21.2 Å². The number of nitrogens with zero attached hydrogens (tertiary/aromatic N) is 2. The largest absolute Gasteiger partial charge is 0.465 e. The Bertz CT molecular complexity index is 493. The van der Waals surface area contributed by atoms with E-state index in [-0.39, 0.29) is 5.97 Å². The Labute approximate surface area is 94.3 Å². The molecule has 1 heterocycles. The lowest BCUT2D eigenvalue weighted by Crippen LogP contribution is -2.00. The lowest BCUT2D eigenvalue weighted by atomic mass is 10.2. The van der Waals surface area contributed by atoms with Gasteiger partial charge in [0.15, 0.2) is 0 Å². The van der Waals surface area contributed by atoms with E-state index in [0.717, 1.165) is 10.9 Å². The van der Waals surface area contributed by atoms with Gasteiger partial charge in [0.25, 0.3) is 0 Å². The van der Waals surface area contributed by atoms with E-state index in [2.05, 4.69) is 32.7 Å². The summed E-state index contributed by atoms with van der Waals surface area (Å²) in [5.41, 5.74) is 1.53. The molecule has 0 aliphatic carbocycles. The van der Waals surface area contributed by atoms with Crippen molar-refractivity contribution < 1.29 is 9.53 Å². The third-order valence-electron chi connectivity index (χ3n) is 1.95. The fourth-order valence-electron chi connectivity index (χ4n) is 1.25. The van der Waals surface area contributed by atoms with E-state index < -0.39 is 0 Å². The quantitative estimate of drug-likeness (QED) is 0.598. The monoisotopic (exact) mass is 302 g/mol. The molecule has 0 saturated heterocycles. The number of aromatic nitrogens is 2. The van der Waals surface area contributed by atoms with E-state index >= 15 is 0 Å². The zero-order valence-corrected chi connectivity index (χ0v) is 9.56. The number of methoxy groups -OCH3 is 1. The molecular formula is C9H7IN2O2. The van der Waals surface area contributed by atoms with Gasteiger partial charge < -0.3 is 4.74 Å². The normalized spacial score (nSPS) is 10.4. The van der Waals surface area contributed by atoms with Gasteiger partial charge in [0, 0.05) is 5.39 Å². The Morgan fingerprint density at radius 1 is 1.57 bits per heavy atom. The minimum Gasteiger partial charge on any atom is -0.465 e. The predicted molar refractivity (Wildman–Crippen MR) is 60.5 cm³/mol. The molecule has 0 spiro atoms. The van der Waals surface area contributed by atoms with E-state index in [0.29, 0.717) is 5.56 Å². The van der Waals surface area contributed by atoms with Crippen LogP contribution < -0.4 is 0 Å². The molecule has 0 saturated carbocycles. The summed E-state index contributed by atoms with van der Waals surface area (Å²) < 4.78 is 6.35. The second-order valence-electron chi connectivity index (χ2n) is 2.77. The van der Waals surface area contributed by atoms with E-state index in [1.807, 2.05) is 6.07 Å². The first kappa shape index (κ1) is 9.45. The van der Waals surface area contributed by atoms with Crippen LogP contribution in [-0.2, 0) is 4.74 Å². The molecule has 0 atom stereocenters. The van der Waals surface area contributed by atoms with Crippen LogP contribution in [0.3, 0.4) is 0 Å². The summed E-state index contributed by atoms with van der Waals surface area (Å²) >= 11 is 2.08. The molecular weight excluding hydrogens is 295 g/mol. The number of ether oxygens (including phenoxy) is 1. The van der Waals surface area contributed by atoms with Crippen molar-refractivity contribution in [1.29, 1.82) is 0 Å². The molecule has 0 bridgehead atoms. The second kappa shape index (κ2) is 3.56. The van der Waals surface area contributed by atoms with Crippen LogP contribution in [0.2, 0.25) is 0 Å². The van der Waals surface area contributed by atoms with Gasteiger partial charge in [-0.2, -0.15) is 5.10 Å². The number of halogens is 1. The van der Waals surface area contributed by atoms with Gasteiger partial charge in [0.2, 0.25) is 0 Å². The summed E-state index contributed by atoms with van der Waals surface area (Å²) in [5, 5.41) is 5.01. The molecule has 2 rings (SSSR count). The topological polar surface area (TPSA) is 44.1 Å². The van der Waals surface area contributed by atoms with Crippen molar-refractivity contribution in [2.24, 2.45) is 0 Å². The maximum atomic E-state index is 11.2. The van der Waals surface area contributed by atoms with Crippen molar-refractivity contribution >= 4 is 39.7 Å².